The molecule has 1 aromatic rings. The van der Waals surface area contributed by atoms with Crippen molar-refractivity contribution in [3.63, 3.8) is 0 Å². The van der Waals surface area contributed by atoms with Crippen LogP contribution in [0.1, 0.15) is 63.0 Å². The van der Waals surface area contributed by atoms with E-state index < -0.39 is 0 Å². The second kappa shape index (κ2) is 7.27. The molecule has 112 valence electrons. The van der Waals surface area contributed by atoms with Crippen molar-refractivity contribution in [1.82, 2.24) is 10.3 Å². The molecule has 0 fully saturated rings. The number of anilines is 1. The molecule has 0 radical (unpaired) electrons. The topological polar surface area (TPSA) is 54.0 Å². The molecule has 0 spiro atoms. The number of nitrogens with zero attached hydrogens (tertiary/aromatic N) is 1. The molecule has 0 saturated carbocycles. The van der Waals surface area contributed by atoms with E-state index in [0.29, 0.717) is 5.56 Å². The standard InChI is InChI=1S/C16H27N3O/c1-6-7-8-9-18-15(20)12-10-13(16(2,3)4)19-14(11-12)17-5/h10-11H,6-9H2,1-5H3,(H,17,19)(H,18,20). The van der Waals surface area contributed by atoms with E-state index in [2.05, 4.69) is 43.3 Å². The molecule has 0 aromatic carbocycles. The molecule has 0 bridgehead atoms. The van der Waals surface area contributed by atoms with Crippen LogP contribution in [0.4, 0.5) is 5.82 Å². The van der Waals surface area contributed by atoms with Crippen LogP contribution in [-0.4, -0.2) is 24.5 Å². The van der Waals surface area contributed by atoms with E-state index in [0.717, 1.165) is 37.3 Å². The summed E-state index contributed by atoms with van der Waals surface area (Å²) >= 11 is 0. The van der Waals surface area contributed by atoms with Crippen molar-refractivity contribution in [1.29, 1.82) is 0 Å². The van der Waals surface area contributed by atoms with Crippen molar-refractivity contribution in [3.05, 3.63) is 23.4 Å². The van der Waals surface area contributed by atoms with Gasteiger partial charge in [-0.2, -0.15) is 0 Å². The zero-order chi connectivity index (χ0) is 15.2. The highest BCUT2D eigenvalue weighted by atomic mass is 16.1. The Morgan fingerprint density at radius 1 is 1.25 bits per heavy atom. The first-order valence-electron chi connectivity index (χ1n) is 7.37. The lowest BCUT2D eigenvalue weighted by atomic mass is 9.90. The van der Waals surface area contributed by atoms with Crippen LogP contribution in [0.25, 0.3) is 0 Å². The summed E-state index contributed by atoms with van der Waals surface area (Å²) in [5.41, 5.74) is 1.51. The van der Waals surface area contributed by atoms with Crippen molar-refractivity contribution in [2.75, 3.05) is 18.9 Å². The van der Waals surface area contributed by atoms with E-state index in [4.69, 9.17) is 0 Å². The molecule has 1 amide bonds. The number of pyridine rings is 1. The van der Waals surface area contributed by atoms with Gasteiger partial charge in [0.15, 0.2) is 0 Å². The molecule has 1 rings (SSSR count). The molecule has 0 saturated heterocycles. The molecule has 1 heterocycles. The molecule has 2 N–H and O–H groups in total. The van der Waals surface area contributed by atoms with Gasteiger partial charge in [-0.05, 0) is 18.6 Å². The van der Waals surface area contributed by atoms with Crippen LogP contribution in [0.2, 0.25) is 0 Å². The average Bonchev–Trinajstić information content (AvgIpc) is 2.41. The summed E-state index contributed by atoms with van der Waals surface area (Å²) < 4.78 is 0. The zero-order valence-electron chi connectivity index (χ0n) is 13.3. The van der Waals surface area contributed by atoms with Gasteiger partial charge in [0.05, 0.1) is 0 Å². The molecular weight excluding hydrogens is 250 g/mol. The van der Waals surface area contributed by atoms with E-state index in [-0.39, 0.29) is 11.3 Å². The van der Waals surface area contributed by atoms with Gasteiger partial charge in [-0.1, -0.05) is 40.5 Å². The SMILES string of the molecule is CCCCCNC(=O)c1cc(NC)nc(C(C)(C)C)c1. The maximum absolute atomic E-state index is 12.2. The van der Waals surface area contributed by atoms with E-state index in [1.165, 1.54) is 0 Å². The van der Waals surface area contributed by atoms with E-state index in [1.807, 2.05) is 13.1 Å². The molecule has 0 aliphatic carbocycles. The highest BCUT2D eigenvalue weighted by molar-refractivity contribution is 5.95. The number of unbranched alkanes of at least 4 members (excludes halogenated alkanes) is 2. The largest absolute Gasteiger partial charge is 0.373 e. The van der Waals surface area contributed by atoms with Gasteiger partial charge in [0.2, 0.25) is 0 Å². The fourth-order valence-corrected chi connectivity index (χ4v) is 1.85. The summed E-state index contributed by atoms with van der Waals surface area (Å²) in [4.78, 5) is 16.7. The van der Waals surface area contributed by atoms with Crippen molar-refractivity contribution in [2.24, 2.45) is 0 Å². The van der Waals surface area contributed by atoms with Gasteiger partial charge >= 0.3 is 0 Å². The highest BCUT2D eigenvalue weighted by Gasteiger charge is 2.18. The van der Waals surface area contributed by atoms with Gasteiger partial charge in [0.1, 0.15) is 5.82 Å². The number of carbonyl (C=O) groups excluding carboxylic acids is 1. The van der Waals surface area contributed by atoms with Gasteiger partial charge < -0.3 is 10.6 Å². The van der Waals surface area contributed by atoms with Crippen LogP contribution >= 0.6 is 0 Å². The summed E-state index contributed by atoms with van der Waals surface area (Å²) in [5, 5.41) is 5.99. The first-order chi connectivity index (χ1) is 9.38. The van der Waals surface area contributed by atoms with Crippen molar-refractivity contribution in [3.8, 4) is 0 Å². The molecule has 1 aromatic heterocycles. The number of nitrogens with one attached hydrogen (secondary N) is 2. The van der Waals surface area contributed by atoms with E-state index in [1.54, 1.807) is 6.07 Å². The zero-order valence-corrected chi connectivity index (χ0v) is 13.3. The third kappa shape index (κ3) is 4.83. The van der Waals surface area contributed by atoms with Crippen LogP contribution in [0.3, 0.4) is 0 Å². The minimum absolute atomic E-state index is 0.0227. The number of carbonyl (C=O) groups is 1. The molecule has 0 unspecified atom stereocenters. The first-order valence-corrected chi connectivity index (χ1v) is 7.37. The number of hydrogen-bond acceptors (Lipinski definition) is 3. The van der Waals surface area contributed by atoms with E-state index >= 15 is 0 Å². The van der Waals surface area contributed by atoms with Gasteiger partial charge in [0, 0.05) is 30.3 Å². The van der Waals surface area contributed by atoms with Crippen molar-refractivity contribution < 1.29 is 4.79 Å². The monoisotopic (exact) mass is 277 g/mol. The second-order valence-electron chi connectivity index (χ2n) is 6.09. The van der Waals surface area contributed by atoms with Crippen LogP contribution in [-0.2, 0) is 5.41 Å². The highest BCUT2D eigenvalue weighted by Crippen LogP contribution is 2.23. The maximum atomic E-state index is 12.2. The number of amides is 1. The Labute approximate surface area is 122 Å². The fourth-order valence-electron chi connectivity index (χ4n) is 1.85. The molecule has 0 atom stereocenters. The smallest absolute Gasteiger partial charge is 0.251 e. The minimum atomic E-state index is -0.0793. The van der Waals surface area contributed by atoms with Crippen molar-refractivity contribution >= 4 is 11.7 Å². The Morgan fingerprint density at radius 3 is 2.50 bits per heavy atom. The quantitative estimate of drug-likeness (QED) is 0.784. The summed E-state index contributed by atoms with van der Waals surface area (Å²) in [6.45, 7) is 9.17. The Hall–Kier alpha value is -1.58. The van der Waals surface area contributed by atoms with Crippen LogP contribution in [0.15, 0.2) is 12.1 Å². The number of rotatable bonds is 6. The molecule has 0 aliphatic heterocycles. The maximum Gasteiger partial charge on any atom is 0.251 e. The lowest BCUT2D eigenvalue weighted by molar-refractivity contribution is 0.0952. The molecular formula is C16H27N3O. The van der Waals surface area contributed by atoms with Crippen LogP contribution in [0.5, 0.6) is 0 Å². The third-order valence-corrected chi connectivity index (χ3v) is 3.18. The summed E-state index contributed by atoms with van der Waals surface area (Å²) in [5.74, 6) is 0.710. The van der Waals surface area contributed by atoms with Crippen molar-refractivity contribution in [2.45, 2.75) is 52.4 Å². The molecule has 0 aliphatic rings. The lowest BCUT2D eigenvalue weighted by Crippen LogP contribution is -2.25. The predicted molar refractivity (Wildman–Crippen MR) is 84.3 cm³/mol. The predicted octanol–water partition coefficient (Wildman–Crippen LogP) is 3.34. The molecule has 4 nitrogen and oxygen atoms in total. The number of aromatic nitrogens is 1. The van der Waals surface area contributed by atoms with E-state index in [9.17, 15) is 4.79 Å². The van der Waals surface area contributed by atoms with Gasteiger partial charge in [-0.15, -0.1) is 0 Å². The van der Waals surface area contributed by atoms with Gasteiger partial charge in [0.25, 0.3) is 5.91 Å². The second-order valence-corrected chi connectivity index (χ2v) is 6.09. The normalized spacial score (nSPS) is 11.2. The lowest BCUT2D eigenvalue weighted by Gasteiger charge is -2.19. The third-order valence-electron chi connectivity index (χ3n) is 3.18. The van der Waals surface area contributed by atoms with Gasteiger partial charge in [-0.25, -0.2) is 4.98 Å². The fraction of sp³-hybridized carbons (Fsp3) is 0.625. The average molecular weight is 277 g/mol. The summed E-state index contributed by atoms with van der Waals surface area (Å²) in [7, 11) is 1.82. The van der Waals surface area contributed by atoms with Gasteiger partial charge in [-0.3, -0.25) is 4.79 Å². The summed E-state index contributed by atoms with van der Waals surface area (Å²) in [6, 6.07) is 3.68. The van der Waals surface area contributed by atoms with Crippen LogP contribution in [0, 0.1) is 0 Å². The summed E-state index contributed by atoms with van der Waals surface area (Å²) in [6.07, 6.45) is 3.33. The molecule has 20 heavy (non-hydrogen) atoms. The minimum Gasteiger partial charge on any atom is -0.373 e. The first kappa shape index (κ1) is 16.5. The number of hydrogen-bond donors (Lipinski definition) is 2. The Morgan fingerprint density at radius 2 is 1.95 bits per heavy atom. The Bertz CT molecular complexity index is 450. The Balaban J connectivity index is 2.85. The van der Waals surface area contributed by atoms with Crippen LogP contribution < -0.4 is 10.6 Å². The Kier molecular flexibility index (Phi) is 5.99. The molecule has 4 heteroatoms.